The molecule has 74 valence electrons. The molecule has 0 amide bonds. The van der Waals surface area contributed by atoms with E-state index in [1.54, 1.807) is 4.68 Å². The lowest BCUT2D eigenvalue weighted by Gasteiger charge is -1.95. The van der Waals surface area contributed by atoms with E-state index in [2.05, 4.69) is 10.1 Å². The third-order valence-electron chi connectivity index (χ3n) is 2.09. The van der Waals surface area contributed by atoms with Crippen molar-refractivity contribution in [3.63, 3.8) is 0 Å². The van der Waals surface area contributed by atoms with Gasteiger partial charge in [-0.2, -0.15) is 5.10 Å². The summed E-state index contributed by atoms with van der Waals surface area (Å²) in [6.07, 6.45) is 3.30. The van der Waals surface area contributed by atoms with Crippen molar-refractivity contribution < 1.29 is 4.42 Å². The summed E-state index contributed by atoms with van der Waals surface area (Å²) in [7, 11) is 1.87. The van der Waals surface area contributed by atoms with Gasteiger partial charge < -0.3 is 10.2 Å². The first-order valence-corrected chi connectivity index (χ1v) is 4.35. The Bertz CT molecular complexity index is 443. The van der Waals surface area contributed by atoms with E-state index >= 15 is 0 Å². The van der Waals surface area contributed by atoms with E-state index in [1.165, 1.54) is 6.39 Å². The number of rotatable bonds is 2. The van der Waals surface area contributed by atoms with Crippen LogP contribution in [0.25, 0.3) is 11.3 Å². The minimum Gasteiger partial charge on any atom is -0.443 e. The molecule has 0 bridgehead atoms. The summed E-state index contributed by atoms with van der Waals surface area (Å²) < 4.78 is 7.03. The van der Waals surface area contributed by atoms with Crippen LogP contribution in [0, 0.1) is 6.92 Å². The molecular weight excluding hydrogens is 180 g/mol. The topological polar surface area (TPSA) is 69.9 Å². The Labute approximate surface area is 81.5 Å². The fraction of sp³-hybridized carbons (Fsp3) is 0.333. The van der Waals surface area contributed by atoms with Crippen LogP contribution in [0.3, 0.4) is 0 Å². The molecule has 5 nitrogen and oxygen atoms in total. The Morgan fingerprint density at radius 3 is 2.93 bits per heavy atom. The molecule has 5 heteroatoms. The fourth-order valence-corrected chi connectivity index (χ4v) is 1.46. The van der Waals surface area contributed by atoms with Crippen molar-refractivity contribution in [2.24, 2.45) is 12.8 Å². The van der Waals surface area contributed by atoms with Gasteiger partial charge in [-0.25, -0.2) is 4.98 Å². The number of nitrogens with two attached hydrogens (primary N) is 1. The van der Waals surface area contributed by atoms with Crippen LogP contribution in [0.15, 0.2) is 17.0 Å². The van der Waals surface area contributed by atoms with Crippen molar-refractivity contribution in [2.75, 3.05) is 0 Å². The van der Waals surface area contributed by atoms with Crippen LogP contribution in [-0.2, 0) is 13.6 Å². The van der Waals surface area contributed by atoms with Crippen molar-refractivity contribution in [2.45, 2.75) is 13.5 Å². The molecule has 0 saturated carbocycles. The van der Waals surface area contributed by atoms with Gasteiger partial charge in [0.15, 0.2) is 12.2 Å². The highest BCUT2D eigenvalue weighted by Gasteiger charge is 2.14. The SMILES string of the molecule is Cc1nn(C)cc1-c1ocnc1CN. The average Bonchev–Trinajstić information content (AvgIpc) is 2.71. The van der Waals surface area contributed by atoms with Gasteiger partial charge in [0, 0.05) is 19.8 Å². The number of hydrogen-bond acceptors (Lipinski definition) is 4. The molecule has 2 rings (SSSR count). The summed E-state index contributed by atoms with van der Waals surface area (Å²) in [5.41, 5.74) is 8.17. The maximum atomic E-state index is 5.54. The summed E-state index contributed by atoms with van der Waals surface area (Å²) in [5, 5.41) is 4.23. The molecule has 2 N–H and O–H groups in total. The molecule has 0 radical (unpaired) electrons. The molecule has 2 aromatic heterocycles. The van der Waals surface area contributed by atoms with Gasteiger partial charge in [0.2, 0.25) is 0 Å². The lowest BCUT2D eigenvalue weighted by molar-refractivity contribution is 0.570. The predicted molar refractivity (Wildman–Crippen MR) is 51.3 cm³/mol. The number of oxazole rings is 1. The van der Waals surface area contributed by atoms with Gasteiger partial charge in [-0.3, -0.25) is 4.68 Å². The highest BCUT2D eigenvalue weighted by atomic mass is 16.3. The third-order valence-corrected chi connectivity index (χ3v) is 2.09. The maximum absolute atomic E-state index is 5.54. The zero-order chi connectivity index (χ0) is 10.1. The number of hydrogen-bond donors (Lipinski definition) is 1. The molecule has 0 unspecified atom stereocenters. The van der Waals surface area contributed by atoms with Gasteiger partial charge in [-0.15, -0.1) is 0 Å². The first kappa shape index (κ1) is 8.96. The molecule has 0 aliphatic heterocycles. The lowest BCUT2D eigenvalue weighted by Crippen LogP contribution is -1.98. The van der Waals surface area contributed by atoms with Gasteiger partial charge >= 0.3 is 0 Å². The minimum absolute atomic E-state index is 0.375. The second kappa shape index (κ2) is 3.26. The molecule has 0 aliphatic rings. The van der Waals surface area contributed by atoms with Crippen molar-refractivity contribution in [1.29, 1.82) is 0 Å². The van der Waals surface area contributed by atoms with E-state index in [1.807, 2.05) is 20.2 Å². The Balaban J connectivity index is 2.53. The van der Waals surface area contributed by atoms with Crippen LogP contribution in [0.5, 0.6) is 0 Å². The molecule has 2 aromatic rings. The minimum atomic E-state index is 0.375. The van der Waals surface area contributed by atoms with Crippen molar-refractivity contribution in [1.82, 2.24) is 14.8 Å². The number of aromatic nitrogens is 3. The van der Waals surface area contributed by atoms with Crippen molar-refractivity contribution in [3.8, 4) is 11.3 Å². The molecule has 0 spiro atoms. The summed E-state index contributed by atoms with van der Waals surface area (Å²) in [5.74, 6) is 0.720. The summed E-state index contributed by atoms with van der Waals surface area (Å²) in [6.45, 7) is 2.30. The molecule has 0 fully saturated rings. The van der Waals surface area contributed by atoms with E-state index in [0.717, 1.165) is 22.7 Å². The van der Waals surface area contributed by atoms with Gasteiger partial charge in [-0.05, 0) is 6.92 Å². The second-order valence-corrected chi connectivity index (χ2v) is 3.13. The first-order chi connectivity index (χ1) is 6.72. The molecule has 0 aliphatic carbocycles. The molecule has 0 saturated heterocycles. The molecule has 0 aromatic carbocycles. The average molecular weight is 192 g/mol. The standard InChI is InChI=1S/C9H12N4O/c1-6-7(4-13(2)12-6)9-8(3-10)11-5-14-9/h4-5H,3,10H2,1-2H3. The highest BCUT2D eigenvalue weighted by molar-refractivity contribution is 5.61. The number of aryl methyl sites for hydroxylation is 2. The second-order valence-electron chi connectivity index (χ2n) is 3.13. The van der Waals surface area contributed by atoms with E-state index in [4.69, 9.17) is 10.2 Å². The van der Waals surface area contributed by atoms with Gasteiger partial charge in [-0.1, -0.05) is 0 Å². The number of nitrogens with zero attached hydrogens (tertiary/aromatic N) is 3. The van der Waals surface area contributed by atoms with Crippen LogP contribution in [0.1, 0.15) is 11.4 Å². The summed E-state index contributed by atoms with van der Waals surface area (Å²) in [4.78, 5) is 4.03. The van der Waals surface area contributed by atoms with Crippen LogP contribution >= 0.6 is 0 Å². The molecule has 0 atom stereocenters. The lowest BCUT2D eigenvalue weighted by atomic mass is 10.2. The van der Waals surface area contributed by atoms with Gasteiger partial charge in [0.05, 0.1) is 11.3 Å². The van der Waals surface area contributed by atoms with Crippen molar-refractivity contribution >= 4 is 0 Å². The largest absolute Gasteiger partial charge is 0.443 e. The molecule has 14 heavy (non-hydrogen) atoms. The van der Waals surface area contributed by atoms with Crippen LogP contribution < -0.4 is 5.73 Å². The Kier molecular flexibility index (Phi) is 2.09. The predicted octanol–water partition coefficient (Wildman–Crippen LogP) is 0.842. The normalized spacial score (nSPS) is 10.8. The van der Waals surface area contributed by atoms with Gasteiger partial charge in [0.1, 0.15) is 5.69 Å². The van der Waals surface area contributed by atoms with E-state index in [0.29, 0.717) is 6.54 Å². The van der Waals surface area contributed by atoms with Crippen LogP contribution in [0.4, 0.5) is 0 Å². The van der Waals surface area contributed by atoms with Crippen LogP contribution in [0.2, 0.25) is 0 Å². The molecular formula is C9H12N4O. The molecule has 2 heterocycles. The zero-order valence-electron chi connectivity index (χ0n) is 8.19. The third kappa shape index (κ3) is 1.31. The Hall–Kier alpha value is -1.62. The van der Waals surface area contributed by atoms with Crippen LogP contribution in [-0.4, -0.2) is 14.8 Å². The van der Waals surface area contributed by atoms with E-state index < -0.39 is 0 Å². The van der Waals surface area contributed by atoms with E-state index in [9.17, 15) is 0 Å². The smallest absolute Gasteiger partial charge is 0.181 e. The quantitative estimate of drug-likeness (QED) is 0.765. The van der Waals surface area contributed by atoms with E-state index in [-0.39, 0.29) is 0 Å². The highest BCUT2D eigenvalue weighted by Crippen LogP contribution is 2.24. The zero-order valence-corrected chi connectivity index (χ0v) is 8.19. The van der Waals surface area contributed by atoms with Gasteiger partial charge in [0.25, 0.3) is 0 Å². The summed E-state index contributed by atoms with van der Waals surface area (Å²) in [6, 6.07) is 0. The maximum Gasteiger partial charge on any atom is 0.181 e. The first-order valence-electron chi connectivity index (χ1n) is 4.35. The monoisotopic (exact) mass is 192 g/mol. The Morgan fingerprint density at radius 1 is 1.57 bits per heavy atom. The Morgan fingerprint density at radius 2 is 2.36 bits per heavy atom. The fourth-order valence-electron chi connectivity index (χ4n) is 1.46. The van der Waals surface area contributed by atoms with Crippen molar-refractivity contribution in [3.05, 3.63) is 24.0 Å². The summed E-state index contributed by atoms with van der Waals surface area (Å²) >= 11 is 0.